The Morgan fingerprint density at radius 2 is 2.32 bits per heavy atom. The molecule has 0 unspecified atom stereocenters. The van der Waals surface area contributed by atoms with E-state index in [9.17, 15) is 4.79 Å². The quantitative estimate of drug-likeness (QED) is 0.747. The number of halogens is 1. The molecular formula is C12H10IN5O. The van der Waals surface area contributed by atoms with Crippen LogP contribution in [0.2, 0.25) is 0 Å². The molecule has 7 heteroatoms. The van der Waals surface area contributed by atoms with E-state index in [0.717, 1.165) is 11.2 Å². The Morgan fingerprint density at radius 3 is 3.05 bits per heavy atom. The molecule has 1 saturated heterocycles. The van der Waals surface area contributed by atoms with E-state index in [0.29, 0.717) is 22.8 Å². The Labute approximate surface area is 123 Å². The van der Waals surface area contributed by atoms with Gasteiger partial charge in [-0.2, -0.15) is 5.26 Å². The summed E-state index contributed by atoms with van der Waals surface area (Å²) in [6.45, 7) is 1.36. The van der Waals surface area contributed by atoms with Crippen molar-refractivity contribution in [1.29, 1.82) is 5.26 Å². The molecule has 0 saturated carbocycles. The van der Waals surface area contributed by atoms with Crippen LogP contribution in [0.5, 0.6) is 0 Å². The van der Waals surface area contributed by atoms with Crippen LogP contribution in [-0.2, 0) is 4.79 Å². The Bertz CT molecular complexity index is 683. The van der Waals surface area contributed by atoms with Gasteiger partial charge in [-0.3, -0.25) is 4.79 Å². The van der Waals surface area contributed by atoms with Crippen molar-refractivity contribution in [1.82, 2.24) is 19.5 Å². The normalized spacial score (nSPS) is 15.3. The molecule has 0 bridgehead atoms. The summed E-state index contributed by atoms with van der Waals surface area (Å²) in [5, 5.41) is 12.8. The van der Waals surface area contributed by atoms with Gasteiger partial charge in [0, 0.05) is 47.8 Å². The summed E-state index contributed by atoms with van der Waals surface area (Å²) >= 11 is 2.08. The van der Waals surface area contributed by atoms with Crippen LogP contribution in [0.4, 0.5) is 0 Å². The molecule has 1 fully saturated rings. The molecule has 0 aromatic carbocycles. The number of nitriles is 1. The van der Waals surface area contributed by atoms with Crippen molar-refractivity contribution < 1.29 is 4.79 Å². The van der Waals surface area contributed by atoms with Gasteiger partial charge in [0.15, 0.2) is 5.65 Å². The van der Waals surface area contributed by atoms with Gasteiger partial charge in [-0.15, -0.1) is 5.10 Å². The predicted molar refractivity (Wildman–Crippen MR) is 75.3 cm³/mol. The van der Waals surface area contributed by atoms with Crippen LogP contribution in [0.1, 0.15) is 17.9 Å². The van der Waals surface area contributed by atoms with Crippen molar-refractivity contribution in [2.24, 2.45) is 0 Å². The summed E-state index contributed by atoms with van der Waals surface area (Å²) < 4.78 is 2.48. The van der Waals surface area contributed by atoms with Crippen LogP contribution >= 0.6 is 22.6 Å². The number of rotatable bonds is 2. The van der Waals surface area contributed by atoms with Crippen LogP contribution in [0.3, 0.4) is 0 Å². The van der Waals surface area contributed by atoms with Crippen molar-refractivity contribution in [2.75, 3.05) is 13.1 Å². The van der Waals surface area contributed by atoms with Crippen LogP contribution in [0, 0.1) is 15.2 Å². The first-order valence-electron chi connectivity index (χ1n) is 5.84. The molecular weight excluding hydrogens is 357 g/mol. The van der Waals surface area contributed by atoms with Crippen LogP contribution in [0.15, 0.2) is 18.3 Å². The van der Waals surface area contributed by atoms with Gasteiger partial charge in [-0.1, -0.05) is 6.07 Å². The van der Waals surface area contributed by atoms with Crippen molar-refractivity contribution >= 4 is 34.1 Å². The lowest BCUT2D eigenvalue weighted by Crippen LogP contribution is -2.48. The Morgan fingerprint density at radius 1 is 1.53 bits per heavy atom. The van der Waals surface area contributed by atoms with E-state index < -0.39 is 0 Å². The molecule has 3 rings (SSSR count). The Hall–Kier alpha value is -1.69. The second kappa shape index (κ2) is 4.77. The smallest absolute Gasteiger partial charge is 0.236 e. The number of hydrogen-bond acceptors (Lipinski definition) is 4. The maximum absolute atomic E-state index is 11.5. The highest BCUT2D eigenvalue weighted by Gasteiger charge is 2.31. The third-order valence-electron chi connectivity index (χ3n) is 3.26. The average Bonchev–Trinajstić information content (AvgIpc) is 2.66. The molecule has 3 heterocycles. The van der Waals surface area contributed by atoms with Gasteiger partial charge >= 0.3 is 0 Å². The highest BCUT2D eigenvalue weighted by atomic mass is 127. The van der Waals surface area contributed by atoms with Gasteiger partial charge in [0.1, 0.15) is 6.42 Å². The monoisotopic (exact) mass is 367 g/mol. The third-order valence-corrected chi connectivity index (χ3v) is 3.72. The summed E-state index contributed by atoms with van der Waals surface area (Å²) in [6.07, 6.45) is 1.92. The van der Waals surface area contributed by atoms with Crippen molar-refractivity contribution in [3.05, 3.63) is 27.7 Å². The van der Waals surface area contributed by atoms with E-state index in [1.165, 1.54) is 0 Å². The molecule has 1 aliphatic rings. The number of carbonyl (C=O) groups excluding carboxylic acids is 1. The number of nitrogens with zero attached hydrogens (tertiary/aromatic N) is 5. The molecule has 0 N–H and O–H groups in total. The number of carbonyl (C=O) groups is 1. The van der Waals surface area contributed by atoms with Gasteiger partial charge in [-0.05, 0) is 11.6 Å². The highest BCUT2D eigenvalue weighted by molar-refractivity contribution is 14.1. The van der Waals surface area contributed by atoms with Crippen LogP contribution < -0.4 is 0 Å². The number of hydrogen-bond donors (Lipinski definition) is 0. The molecule has 2 aromatic rings. The summed E-state index contributed by atoms with van der Waals surface area (Å²) in [5.74, 6) is 0.240. The summed E-state index contributed by atoms with van der Waals surface area (Å²) in [7, 11) is 0. The molecule has 19 heavy (non-hydrogen) atoms. The molecule has 6 nitrogen and oxygen atoms in total. The van der Waals surface area contributed by atoms with Crippen molar-refractivity contribution in [3.63, 3.8) is 0 Å². The van der Waals surface area contributed by atoms with Crippen LogP contribution in [0.25, 0.3) is 5.65 Å². The minimum Gasteiger partial charge on any atom is -0.340 e. The molecule has 0 atom stereocenters. The minimum atomic E-state index is -0.0878. The predicted octanol–water partition coefficient (Wildman–Crippen LogP) is 1.17. The largest absolute Gasteiger partial charge is 0.340 e. The number of pyridine rings is 1. The van der Waals surface area contributed by atoms with Crippen LogP contribution in [-0.4, -0.2) is 38.5 Å². The molecule has 0 spiro atoms. The summed E-state index contributed by atoms with van der Waals surface area (Å²) in [4.78, 5) is 17.5. The van der Waals surface area contributed by atoms with E-state index in [-0.39, 0.29) is 12.3 Å². The second-order valence-electron chi connectivity index (χ2n) is 4.48. The maximum Gasteiger partial charge on any atom is 0.236 e. The zero-order chi connectivity index (χ0) is 13.4. The second-order valence-corrected chi connectivity index (χ2v) is 5.44. The fourth-order valence-corrected chi connectivity index (χ4v) is 2.67. The lowest BCUT2D eigenvalue weighted by atomic mass is 9.92. The third kappa shape index (κ3) is 2.28. The fraction of sp³-hybridized carbons (Fsp3) is 0.333. The Kier molecular flexibility index (Phi) is 3.10. The van der Waals surface area contributed by atoms with Gasteiger partial charge in [0.25, 0.3) is 0 Å². The molecule has 1 aliphatic heterocycles. The zero-order valence-electron chi connectivity index (χ0n) is 9.95. The molecule has 1 amide bonds. The Balaban J connectivity index is 1.73. The SMILES string of the molecule is N#CCC(=O)N1CC(c2ccc3nc(I)nn3c2)C1. The van der Waals surface area contributed by atoms with E-state index >= 15 is 0 Å². The van der Waals surface area contributed by atoms with Crippen molar-refractivity contribution in [3.8, 4) is 6.07 Å². The maximum atomic E-state index is 11.5. The molecule has 0 radical (unpaired) electrons. The molecule has 0 aliphatic carbocycles. The summed E-state index contributed by atoms with van der Waals surface area (Å²) in [6, 6.07) is 5.84. The van der Waals surface area contributed by atoms with E-state index in [1.807, 2.05) is 24.4 Å². The van der Waals surface area contributed by atoms with Crippen molar-refractivity contribution in [2.45, 2.75) is 12.3 Å². The fourth-order valence-electron chi connectivity index (χ4n) is 2.19. The number of fused-ring (bicyclic) bond motifs is 1. The van der Waals surface area contributed by atoms with E-state index in [1.54, 1.807) is 9.42 Å². The van der Waals surface area contributed by atoms with E-state index in [2.05, 4.69) is 32.7 Å². The molecule has 2 aromatic heterocycles. The van der Waals surface area contributed by atoms with Gasteiger partial charge < -0.3 is 4.90 Å². The number of amides is 1. The first-order chi connectivity index (χ1) is 9.17. The first-order valence-corrected chi connectivity index (χ1v) is 6.92. The first kappa shape index (κ1) is 12.3. The molecule has 96 valence electrons. The standard InChI is InChI=1S/C12H10IN5O/c13-12-15-10-2-1-8(7-18(10)16-12)9-5-17(6-9)11(19)3-4-14/h1-2,7,9H,3,5-6H2. The van der Waals surface area contributed by atoms with E-state index in [4.69, 9.17) is 5.26 Å². The summed E-state index contributed by atoms with van der Waals surface area (Å²) in [5.41, 5.74) is 1.97. The number of likely N-dealkylation sites (tertiary alicyclic amines) is 1. The zero-order valence-corrected chi connectivity index (χ0v) is 12.1. The average molecular weight is 367 g/mol. The highest BCUT2D eigenvalue weighted by Crippen LogP contribution is 2.27. The topological polar surface area (TPSA) is 74.3 Å². The van der Waals surface area contributed by atoms with Gasteiger partial charge in [-0.25, -0.2) is 9.50 Å². The van der Waals surface area contributed by atoms with Gasteiger partial charge in [0.05, 0.1) is 6.07 Å². The lowest BCUT2D eigenvalue weighted by molar-refractivity contribution is -0.134. The lowest BCUT2D eigenvalue weighted by Gasteiger charge is -2.39. The van der Waals surface area contributed by atoms with Gasteiger partial charge in [0.2, 0.25) is 9.74 Å². The number of aromatic nitrogens is 3. The minimum absolute atomic E-state index is 0.0347.